The van der Waals surface area contributed by atoms with Crippen LogP contribution in [0.4, 0.5) is 0 Å². The van der Waals surface area contributed by atoms with Gasteiger partial charge >= 0.3 is 0 Å². The van der Waals surface area contributed by atoms with Gasteiger partial charge in [-0.1, -0.05) is 63.6 Å². The highest BCUT2D eigenvalue weighted by molar-refractivity contribution is 9.10. The molecule has 33 heavy (non-hydrogen) atoms. The first-order valence-electron chi connectivity index (χ1n) is 9.92. The summed E-state index contributed by atoms with van der Waals surface area (Å²) in [6.07, 6.45) is 0. The number of benzene rings is 3. The van der Waals surface area contributed by atoms with Crippen molar-refractivity contribution in [3.63, 3.8) is 0 Å². The molecule has 0 fully saturated rings. The van der Waals surface area contributed by atoms with Crippen molar-refractivity contribution in [2.45, 2.75) is 12.1 Å². The lowest BCUT2D eigenvalue weighted by Crippen LogP contribution is -2.24. The third kappa shape index (κ3) is 5.52. The van der Waals surface area contributed by atoms with Gasteiger partial charge in [0.25, 0.3) is 11.5 Å². The average Bonchev–Trinajstić information content (AvgIpc) is 2.82. The van der Waals surface area contributed by atoms with Crippen molar-refractivity contribution >= 4 is 61.8 Å². The number of thioether (sulfide) groups is 1. The number of hydrogen-bond donors (Lipinski definition) is 1. The van der Waals surface area contributed by atoms with Crippen molar-refractivity contribution in [3.8, 4) is 5.69 Å². The Balaban J connectivity index is 1.58. The molecule has 0 aliphatic rings. The molecule has 0 saturated carbocycles. The number of nitrogens with one attached hydrogen (secondary N) is 1. The van der Waals surface area contributed by atoms with E-state index in [0.717, 1.165) is 21.8 Å². The van der Waals surface area contributed by atoms with Crippen molar-refractivity contribution in [2.75, 3.05) is 5.75 Å². The molecule has 0 saturated heterocycles. The van der Waals surface area contributed by atoms with E-state index in [2.05, 4.69) is 31.4 Å². The van der Waals surface area contributed by atoms with Gasteiger partial charge in [0.1, 0.15) is 0 Å². The third-order valence-corrected chi connectivity index (χ3v) is 6.44. The molecule has 1 aromatic heterocycles. The molecule has 0 aliphatic carbocycles. The normalized spacial score (nSPS) is 11.5. The molecule has 1 amide bonds. The van der Waals surface area contributed by atoms with E-state index in [4.69, 9.17) is 11.6 Å². The molecule has 3 aromatic carbocycles. The second-order valence-electron chi connectivity index (χ2n) is 7.06. The van der Waals surface area contributed by atoms with Crippen molar-refractivity contribution in [2.24, 2.45) is 5.10 Å². The zero-order valence-electron chi connectivity index (χ0n) is 17.5. The first-order chi connectivity index (χ1) is 15.9. The molecular weight excluding hydrogens is 524 g/mol. The van der Waals surface area contributed by atoms with Crippen LogP contribution in [-0.2, 0) is 4.79 Å². The molecular formula is C24H18BrClN4O2S. The van der Waals surface area contributed by atoms with Gasteiger partial charge in [0, 0.05) is 9.50 Å². The largest absolute Gasteiger partial charge is 0.272 e. The fraction of sp³-hybridized carbons (Fsp3) is 0.0833. The van der Waals surface area contributed by atoms with E-state index in [9.17, 15) is 9.59 Å². The van der Waals surface area contributed by atoms with E-state index in [0.29, 0.717) is 32.5 Å². The Hall–Kier alpha value is -2.94. The van der Waals surface area contributed by atoms with Crippen LogP contribution in [-0.4, -0.2) is 26.9 Å². The van der Waals surface area contributed by atoms with Gasteiger partial charge in [-0.3, -0.25) is 14.2 Å². The highest BCUT2D eigenvalue weighted by Gasteiger charge is 2.15. The quantitative estimate of drug-likeness (QED) is 0.153. The summed E-state index contributed by atoms with van der Waals surface area (Å²) in [4.78, 5) is 30.3. The van der Waals surface area contributed by atoms with Gasteiger partial charge in [0.05, 0.1) is 28.1 Å². The van der Waals surface area contributed by atoms with E-state index in [1.165, 1.54) is 4.57 Å². The van der Waals surface area contributed by atoms with Crippen molar-refractivity contribution in [1.82, 2.24) is 15.0 Å². The predicted octanol–water partition coefficient (Wildman–Crippen LogP) is 5.43. The predicted molar refractivity (Wildman–Crippen MR) is 138 cm³/mol. The Morgan fingerprint density at radius 1 is 1.12 bits per heavy atom. The number of hydrogen-bond acceptors (Lipinski definition) is 5. The Labute approximate surface area is 207 Å². The highest BCUT2D eigenvalue weighted by atomic mass is 79.9. The number of rotatable bonds is 6. The van der Waals surface area contributed by atoms with Crippen molar-refractivity contribution in [3.05, 3.63) is 98.2 Å². The summed E-state index contributed by atoms with van der Waals surface area (Å²) in [6, 6.07) is 21.7. The van der Waals surface area contributed by atoms with Crippen LogP contribution >= 0.6 is 39.3 Å². The van der Waals surface area contributed by atoms with E-state index in [1.807, 2.05) is 37.3 Å². The summed E-state index contributed by atoms with van der Waals surface area (Å²) < 4.78 is 2.42. The third-order valence-electron chi connectivity index (χ3n) is 4.75. The Morgan fingerprint density at radius 2 is 1.88 bits per heavy atom. The molecule has 0 atom stereocenters. The van der Waals surface area contributed by atoms with Crippen LogP contribution in [0.1, 0.15) is 12.5 Å². The Kier molecular flexibility index (Phi) is 7.27. The lowest BCUT2D eigenvalue weighted by atomic mass is 10.1. The zero-order chi connectivity index (χ0) is 23.4. The molecule has 0 radical (unpaired) electrons. The fourth-order valence-electron chi connectivity index (χ4n) is 3.11. The van der Waals surface area contributed by atoms with Gasteiger partial charge in [-0.2, -0.15) is 5.10 Å². The smallest absolute Gasteiger partial charge is 0.266 e. The Morgan fingerprint density at radius 3 is 2.64 bits per heavy atom. The van der Waals surface area contributed by atoms with Gasteiger partial charge in [-0.15, -0.1) is 0 Å². The molecule has 0 aliphatic heterocycles. The summed E-state index contributed by atoms with van der Waals surface area (Å²) in [5.41, 5.74) is 5.11. The van der Waals surface area contributed by atoms with Gasteiger partial charge in [-0.05, 0) is 61.0 Å². The summed E-state index contributed by atoms with van der Waals surface area (Å²) in [5.74, 6) is -0.271. The minimum atomic E-state index is -0.306. The van der Waals surface area contributed by atoms with E-state index < -0.39 is 0 Å². The van der Waals surface area contributed by atoms with Crippen LogP contribution in [0, 0.1) is 0 Å². The van der Waals surface area contributed by atoms with Crippen LogP contribution in [0.3, 0.4) is 0 Å². The second kappa shape index (κ2) is 10.3. The standard InChI is InChI=1S/C24H18BrClN4O2S/c1-15(16-5-4-6-17(25)13-16)28-29-22(31)14-33-24-27-21-8-3-2-7-20(21)23(32)30(24)19-11-9-18(26)10-12-19/h2-13H,14H2,1H3,(H,29,31). The number of carbonyl (C=O) groups is 1. The second-order valence-corrected chi connectivity index (χ2v) is 9.35. The maximum Gasteiger partial charge on any atom is 0.266 e. The minimum absolute atomic E-state index is 0.0354. The number of halogens is 2. The van der Waals surface area contributed by atoms with Crippen LogP contribution in [0.5, 0.6) is 0 Å². The van der Waals surface area contributed by atoms with Crippen LogP contribution < -0.4 is 11.0 Å². The van der Waals surface area contributed by atoms with Gasteiger partial charge < -0.3 is 0 Å². The molecule has 9 heteroatoms. The van der Waals surface area contributed by atoms with Crippen LogP contribution in [0.25, 0.3) is 16.6 Å². The molecule has 0 unspecified atom stereocenters. The number of fused-ring (bicyclic) bond motifs is 1. The lowest BCUT2D eigenvalue weighted by molar-refractivity contribution is -0.118. The van der Waals surface area contributed by atoms with E-state index >= 15 is 0 Å². The number of nitrogens with zero attached hydrogens (tertiary/aromatic N) is 3. The molecule has 6 nitrogen and oxygen atoms in total. The summed E-state index contributed by atoms with van der Waals surface area (Å²) in [5, 5.41) is 5.65. The average molecular weight is 542 g/mol. The van der Waals surface area contributed by atoms with E-state index in [1.54, 1.807) is 42.5 Å². The molecule has 4 rings (SSSR count). The topological polar surface area (TPSA) is 76.3 Å². The fourth-order valence-corrected chi connectivity index (χ4v) is 4.44. The molecule has 0 bridgehead atoms. The number of para-hydroxylation sites is 1. The summed E-state index contributed by atoms with van der Waals surface area (Å²) in [6.45, 7) is 1.82. The van der Waals surface area contributed by atoms with Gasteiger partial charge in [-0.25, -0.2) is 10.4 Å². The zero-order valence-corrected chi connectivity index (χ0v) is 20.6. The first kappa shape index (κ1) is 23.2. The molecule has 4 aromatic rings. The van der Waals surface area contributed by atoms with Crippen molar-refractivity contribution in [1.29, 1.82) is 0 Å². The monoisotopic (exact) mass is 540 g/mol. The van der Waals surface area contributed by atoms with Crippen molar-refractivity contribution < 1.29 is 4.79 Å². The SMILES string of the molecule is CC(=NNC(=O)CSc1nc2ccccc2c(=O)n1-c1ccc(Cl)cc1)c1cccc(Br)c1. The van der Waals surface area contributed by atoms with Crippen LogP contribution in [0.15, 0.2) is 92.3 Å². The lowest BCUT2D eigenvalue weighted by Gasteiger charge is -2.13. The number of carbonyl (C=O) groups excluding carboxylic acids is 1. The maximum atomic E-state index is 13.2. The number of hydrazone groups is 1. The highest BCUT2D eigenvalue weighted by Crippen LogP contribution is 2.22. The molecule has 0 spiro atoms. The van der Waals surface area contributed by atoms with Gasteiger partial charge in [0.2, 0.25) is 0 Å². The molecule has 1 heterocycles. The van der Waals surface area contributed by atoms with Crippen LogP contribution in [0.2, 0.25) is 5.02 Å². The molecule has 1 N–H and O–H groups in total. The van der Waals surface area contributed by atoms with E-state index in [-0.39, 0.29) is 17.2 Å². The maximum absolute atomic E-state index is 13.2. The minimum Gasteiger partial charge on any atom is -0.272 e. The summed E-state index contributed by atoms with van der Waals surface area (Å²) >= 11 is 10.6. The first-order valence-corrected chi connectivity index (χ1v) is 12.1. The molecule has 166 valence electrons. The number of amides is 1. The number of aromatic nitrogens is 2. The van der Waals surface area contributed by atoms with Gasteiger partial charge in [0.15, 0.2) is 5.16 Å². The summed E-state index contributed by atoms with van der Waals surface area (Å²) in [7, 11) is 0. The Bertz CT molecular complexity index is 1420.